The first-order valence-corrected chi connectivity index (χ1v) is 29.8. The Morgan fingerprint density at radius 1 is 0.381 bits per heavy atom. The quantitative estimate of drug-likeness (QED) is 0.0450. The first-order valence-electron chi connectivity index (χ1n) is 29.8. The van der Waals surface area contributed by atoms with Crippen LogP contribution in [0.2, 0.25) is 0 Å². The summed E-state index contributed by atoms with van der Waals surface area (Å²) in [5.74, 6) is 3.51. The third kappa shape index (κ3) is 38.1. The minimum Gasteiger partial charge on any atom is -0.465 e. The minimum absolute atomic E-state index is 0.0741. The van der Waals surface area contributed by atoms with E-state index in [0.29, 0.717) is 12.5 Å². The van der Waals surface area contributed by atoms with Crippen LogP contribution in [-0.2, 0) is 9.53 Å². The number of hydrogen-bond donors (Lipinski definition) is 0. The summed E-state index contributed by atoms with van der Waals surface area (Å²) in [7, 11) is 2.13. The molecule has 0 aliphatic carbocycles. The number of rotatable bonds is 50. The molecule has 0 N–H and O–H groups in total. The van der Waals surface area contributed by atoms with Crippen molar-refractivity contribution in [2.24, 2.45) is 29.6 Å². The maximum atomic E-state index is 13.0. The highest BCUT2D eigenvalue weighted by Crippen LogP contribution is 2.33. The van der Waals surface area contributed by atoms with Crippen molar-refractivity contribution in [3.8, 4) is 0 Å². The second-order valence-electron chi connectivity index (χ2n) is 21.9. The molecule has 2 unspecified atom stereocenters. The van der Waals surface area contributed by atoms with Crippen molar-refractivity contribution in [2.45, 2.75) is 324 Å². The molecule has 1 rings (SSSR count). The third-order valence-electron chi connectivity index (χ3n) is 15.7. The van der Waals surface area contributed by atoms with Gasteiger partial charge in [-0.25, -0.2) is 0 Å². The molecular weight excluding hydrogens is 767 g/mol. The Morgan fingerprint density at radius 2 is 0.635 bits per heavy atom. The molecule has 1 fully saturated rings. The summed E-state index contributed by atoms with van der Waals surface area (Å²) in [5.41, 5.74) is 0. The zero-order valence-corrected chi connectivity index (χ0v) is 44.6. The molecule has 0 aromatic rings. The Hall–Kier alpha value is -0.570. The normalized spacial score (nSPS) is 15.2. The predicted octanol–water partition coefficient (Wildman–Crippen LogP) is 20.2. The molecule has 1 saturated heterocycles. The monoisotopic (exact) mass is 886 g/mol. The highest BCUT2D eigenvalue weighted by Gasteiger charge is 2.28. The lowest BCUT2D eigenvalue weighted by atomic mass is 9.81. The van der Waals surface area contributed by atoms with Gasteiger partial charge < -0.3 is 9.64 Å². The molecule has 0 saturated carbocycles. The maximum Gasteiger partial charge on any atom is 0.310 e. The van der Waals surface area contributed by atoms with Crippen molar-refractivity contribution in [3.63, 3.8) is 0 Å². The first kappa shape index (κ1) is 60.4. The van der Waals surface area contributed by atoms with Crippen LogP contribution in [-0.4, -0.2) is 37.6 Å². The van der Waals surface area contributed by atoms with Crippen molar-refractivity contribution in [3.05, 3.63) is 0 Å². The molecule has 3 heteroatoms. The molecule has 0 aromatic carbocycles. The van der Waals surface area contributed by atoms with Gasteiger partial charge in [0.25, 0.3) is 0 Å². The van der Waals surface area contributed by atoms with Crippen LogP contribution in [0.1, 0.15) is 324 Å². The highest BCUT2D eigenvalue weighted by atomic mass is 16.5. The standard InChI is InChI=1S/C60H119NO2/c1-7-12-17-21-25-29-34-40-55(41-35-30-26-22-18-13-8-2)47-49-57(44-38-39-46-58(45-33-16-11-5)54-63-60(62)59-51-52-61(6)53-59)50-48-56(42-36-31-27-23-19-14-9-3)43-37-32-28-24-20-15-10-4/h55-59H,7-54H2,1-6H3. The number of likely N-dealkylation sites (tertiary alicyclic amines) is 1. The lowest BCUT2D eigenvalue weighted by molar-refractivity contribution is -0.149. The largest absolute Gasteiger partial charge is 0.465 e. The van der Waals surface area contributed by atoms with Gasteiger partial charge in [0.05, 0.1) is 12.5 Å². The van der Waals surface area contributed by atoms with Crippen LogP contribution in [0.4, 0.5) is 0 Å². The Balaban J connectivity index is 2.96. The Bertz CT molecular complexity index is 840. The van der Waals surface area contributed by atoms with E-state index < -0.39 is 0 Å². The lowest BCUT2D eigenvalue weighted by Crippen LogP contribution is -2.24. The molecule has 0 amide bonds. The SMILES string of the molecule is CCCCCCCCCC(CCCCCCCCC)CCC(CCCCC(CCCCC)COC(=O)C1CCN(C)C1)CCC(CCCCCCCCC)CCCCCCCCC. The van der Waals surface area contributed by atoms with Crippen LogP contribution in [0.15, 0.2) is 0 Å². The molecule has 3 nitrogen and oxygen atoms in total. The average Bonchev–Trinajstić information content (AvgIpc) is 3.73. The Labute approximate surface area is 398 Å². The van der Waals surface area contributed by atoms with Crippen molar-refractivity contribution in [1.29, 1.82) is 0 Å². The Kier molecular flexibility index (Phi) is 44.6. The van der Waals surface area contributed by atoms with Gasteiger partial charge in [-0.3, -0.25) is 4.79 Å². The van der Waals surface area contributed by atoms with Crippen LogP contribution >= 0.6 is 0 Å². The molecule has 63 heavy (non-hydrogen) atoms. The fourth-order valence-electron chi connectivity index (χ4n) is 11.1. The molecule has 0 aromatic heterocycles. The summed E-state index contributed by atoms with van der Waals surface area (Å²) in [6.07, 6.45) is 63.6. The summed E-state index contributed by atoms with van der Waals surface area (Å²) in [6.45, 7) is 14.2. The maximum absolute atomic E-state index is 13.0. The molecule has 1 aliphatic heterocycles. The second kappa shape index (κ2) is 46.5. The van der Waals surface area contributed by atoms with Crippen LogP contribution in [0.5, 0.6) is 0 Å². The highest BCUT2D eigenvalue weighted by molar-refractivity contribution is 5.73. The summed E-state index contributed by atoms with van der Waals surface area (Å²) in [5, 5.41) is 0. The van der Waals surface area contributed by atoms with Gasteiger partial charge in [-0.05, 0) is 56.5 Å². The predicted molar refractivity (Wildman–Crippen MR) is 282 cm³/mol. The second-order valence-corrected chi connectivity index (χ2v) is 21.9. The van der Waals surface area contributed by atoms with Crippen molar-refractivity contribution >= 4 is 5.97 Å². The van der Waals surface area contributed by atoms with E-state index in [1.165, 1.54) is 283 Å². The van der Waals surface area contributed by atoms with Crippen LogP contribution in [0.25, 0.3) is 0 Å². The van der Waals surface area contributed by atoms with E-state index in [1.54, 1.807) is 0 Å². The van der Waals surface area contributed by atoms with Gasteiger partial charge in [0, 0.05) is 6.54 Å². The van der Waals surface area contributed by atoms with Gasteiger partial charge >= 0.3 is 5.97 Å². The van der Waals surface area contributed by atoms with Gasteiger partial charge in [0.1, 0.15) is 0 Å². The molecule has 0 spiro atoms. The van der Waals surface area contributed by atoms with E-state index in [4.69, 9.17) is 4.74 Å². The number of ether oxygens (including phenoxy) is 1. The lowest BCUT2D eigenvalue weighted by Gasteiger charge is -2.25. The summed E-state index contributed by atoms with van der Waals surface area (Å²) in [6, 6.07) is 0. The third-order valence-corrected chi connectivity index (χ3v) is 15.7. The van der Waals surface area contributed by atoms with Gasteiger partial charge in [-0.15, -0.1) is 0 Å². The number of nitrogens with zero attached hydrogens (tertiary/aromatic N) is 1. The van der Waals surface area contributed by atoms with E-state index in [0.717, 1.165) is 37.3 Å². The molecular formula is C60H119NO2. The van der Waals surface area contributed by atoms with E-state index in [2.05, 4.69) is 46.6 Å². The summed E-state index contributed by atoms with van der Waals surface area (Å²) in [4.78, 5) is 15.3. The van der Waals surface area contributed by atoms with E-state index >= 15 is 0 Å². The number of hydrogen-bond acceptors (Lipinski definition) is 3. The van der Waals surface area contributed by atoms with Gasteiger partial charge in [0.2, 0.25) is 0 Å². The van der Waals surface area contributed by atoms with Crippen molar-refractivity contribution in [2.75, 3.05) is 26.7 Å². The smallest absolute Gasteiger partial charge is 0.310 e. The van der Waals surface area contributed by atoms with Gasteiger partial charge in [-0.1, -0.05) is 304 Å². The topological polar surface area (TPSA) is 29.5 Å². The van der Waals surface area contributed by atoms with E-state index in [-0.39, 0.29) is 11.9 Å². The number of carbonyl (C=O) groups excluding carboxylic acids is 1. The summed E-state index contributed by atoms with van der Waals surface area (Å²) < 4.78 is 6.07. The Morgan fingerprint density at radius 3 is 0.952 bits per heavy atom. The zero-order valence-electron chi connectivity index (χ0n) is 44.6. The van der Waals surface area contributed by atoms with Crippen molar-refractivity contribution in [1.82, 2.24) is 4.90 Å². The van der Waals surface area contributed by atoms with Gasteiger partial charge in [0.15, 0.2) is 0 Å². The van der Waals surface area contributed by atoms with E-state index in [9.17, 15) is 4.79 Å². The number of carbonyl (C=O) groups is 1. The van der Waals surface area contributed by atoms with Gasteiger partial charge in [-0.2, -0.15) is 0 Å². The summed E-state index contributed by atoms with van der Waals surface area (Å²) >= 11 is 0. The number of unbranched alkanes of at least 4 members (excludes halogenated alkanes) is 27. The zero-order chi connectivity index (χ0) is 45.7. The molecule has 0 bridgehead atoms. The number of esters is 1. The van der Waals surface area contributed by atoms with Crippen LogP contribution < -0.4 is 0 Å². The van der Waals surface area contributed by atoms with Crippen LogP contribution in [0, 0.1) is 29.6 Å². The molecule has 0 radical (unpaired) electrons. The average molecular weight is 887 g/mol. The molecule has 1 heterocycles. The van der Waals surface area contributed by atoms with Crippen molar-refractivity contribution < 1.29 is 9.53 Å². The molecule has 2 atom stereocenters. The van der Waals surface area contributed by atoms with E-state index in [1.807, 2.05) is 0 Å². The molecule has 1 aliphatic rings. The minimum atomic E-state index is 0.0741. The first-order chi connectivity index (χ1) is 31.0. The fourth-order valence-corrected chi connectivity index (χ4v) is 11.1. The molecule has 376 valence electrons. The van der Waals surface area contributed by atoms with Crippen LogP contribution in [0.3, 0.4) is 0 Å². The fraction of sp³-hybridized carbons (Fsp3) is 0.983.